The summed E-state index contributed by atoms with van der Waals surface area (Å²) in [5.41, 5.74) is 0.656. The fourth-order valence-electron chi connectivity index (χ4n) is 1.84. The molecule has 2 unspecified atom stereocenters. The number of carbonyl (C=O) groups excluding carboxylic acids is 1. The first-order chi connectivity index (χ1) is 7.77. The van der Waals surface area contributed by atoms with Crippen molar-refractivity contribution < 1.29 is 9.90 Å². The highest BCUT2D eigenvalue weighted by molar-refractivity contribution is 5.94. The van der Waals surface area contributed by atoms with Gasteiger partial charge in [0.15, 0.2) is 0 Å². The van der Waals surface area contributed by atoms with Crippen LogP contribution in [0.3, 0.4) is 0 Å². The molecule has 0 aliphatic carbocycles. The standard InChI is InChI=1S/C12H16N2O2.ClH/c15-11-8-13-6-10(11)7-14-12(16)9-4-2-1-3-5-9;/h1-5,10-11,13,15H,6-8H2,(H,14,16);1H. The molecule has 0 aromatic heterocycles. The van der Waals surface area contributed by atoms with Crippen molar-refractivity contribution in [3.63, 3.8) is 0 Å². The molecule has 0 saturated carbocycles. The van der Waals surface area contributed by atoms with Crippen LogP contribution >= 0.6 is 12.4 Å². The van der Waals surface area contributed by atoms with Crippen molar-refractivity contribution in [2.24, 2.45) is 5.92 Å². The number of hydrogen-bond acceptors (Lipinski definition) is 3. The molecule has 94 valence electrons. The van der Waals surface area contributed by atoms with Crippen LogP contribution in [-0.4, -0.2) is 36.8 Å². The van der Waals surface area contributed by atoms with E-state index in [2.05, 4.69) is 10.6 Å². The number of rotatable bonds is 3. The molecule has 0 radical (unpaired) electrons. The number of amides is 1. The first kappa shape index (κ1) is 14.0. The number of nitrogens with one attached hydrogen (secondary N) is 2. The fourth-order valence-corrected chi connectivity index (χ4v) is 1.84. The first-order valence-corrected chi connectivity index (χ1v) is 5.49. The zero-order chi connectivity index (χ0) is 11.4. The van der Waals surface area contributed by atoms with Crippen molar-refractivity contribution in [1.29, 1.82) is 0 Å². The van der Waals surface area contributed by atoms with Crippen LogP contribution in [0.2, 0.25) is 0 Å². The van der Waals surface area contributed by atoms with Crippen molar-refractivity contribution in [3.05, 3.63) is 35.9 Å². The van der Waals surface area contributed by atoms with Gasteiger partial charge in [-0.2, -0.15) is 0 Å². The number of aliphatic hydroxyl groups is 1. The zero-order valence-corrected chi connectivity index (χ0v) is 10.2. The Bertz CT molecular complexity index is 359. The lowest BCUT2D eigenvalue weighted by Gasteiger charge is -2.13. The van der Waals surface area contributed by atoms with Crippen molar-refractivity contribution in [3.8, 4) is 0 Å². The van der Waals surface area contributed by atoms with E-state index in [1.165, 1.54) is 0 Å². The summed E-state index contributed by atoms with van der Waals surface area (Å²) in [5.74, 6) is 0.0346. The van der Waals surface area contributed by atoms with Gasteiger partial charge in [-0.25, -0.2) is 0 Å². The van der Waals surface area contributed by atoms with Crippen molar-refractivity contribution in [1.82, 2.24) is 10.6 Å². The second-order valence-electron chi connectivity index (χ2n) is 4.06. The van der Waals surface area contributed by atoms with Crippen LogP contribution in [-0.2, 0) is 0 Å². The second kappa shape index (κ2) is 6.59. The summed E-state index contributed by atoms with van der Waals surface area (Å²) in [4.78, 5) is 11.7. The van der Waals surface area contributed by atoms with Crippen LogP contribution in [0.1, 0.15) is 10.4 Å². The molecule has 0 spiro atoms. The molecular weight excluding hydrogens is 240 g/mol. The fraction of sp³-hybridized carbons (Fsp3) is 0.417. The molecule has 1 aliphatic heterocycles. The summed E-state index contributed by atoms with van der Waals surface area (Å²) in [6.07, 6.45) is -0.351. The average Bonchev–Trinajstić information content (AvgIpc) is 2.73. The van der Waals surface area contributed by atoms with Gasteiger partial charge in [-0.1, -0.05) is 18.2 Å². The summed E-state index contributed by atoms with van der Waals surface area (Å²) in [6.45, 7) is 1.89. The Kier molecular flexibility index (Phi) is 5.41. The van der Waals surface area contributed by atoms with Gasteiger partial charge >= 0.3 is 0 Å². The molecule has 2 atom stereocenters. The van der Waals surface area contributed by atoms with E-state index in [0.717, 1.165) is 6.54 Å². The Morgan fingerprint density at radius 3 is 2.65 bits per heavy atom. The van der Waals surface area contributed by atoms with Crippen LogP contribution in [0.15, 0.2) is 30.3 Å². The third-order valence-corrected chi connectivity index (χ3v) is 2.86. The van der Waals surface area contributed by atoms with Crippen molar-refractivity contribution in [2.75, 3.05) is 19.6 Å². The Labute approximate surface area is 107 Å². The molecule has 4 nitrogen and oxygen atoms in total. The molecule has 1 aromatic carbocycles. The Balaban J connectivity index is 0.00000144. The highest BCUT2D eigenvalue weighted by Crippen LogP contribution is 2.07. The molecule has 17 heavy (non-hydrogen) atoms. The lowest BCUT2D eigenvalue weighted by atomic mass is 10.1. The predicted molar refractivity (Wildman–Crippen MR) is 68.4 cm³/mol. The zero-order valence-electron chi connectivity index (χ0n) is 9.43. The molecule has 1 fully saturated rings. The van der Waals surface area contributed by atoms with Crippen LogP contribution in [0.4, 0.5) is 0 Å². The monoisotopic (exact) mass is 256 g/mol. The number of aliphatic hydroxyl groups excluding tert-OH is 1. The lowest BCUT2D eigenvalue weighted by molar-refractivity contribution is 0.0927. The number of hydrogen-bond donors (Lipinski definition) is 3. The third kappa shape index (κ3) is 3.70. The van der Waals surface area contributed by atoms with E-state index in [1.54, 1.807) is 12.1 Å². The SMILES string of the molecule is Cl.O=C(NCC1CNCC1O)c1ccccc1. The highest BCUT2D eigenvalue weighted by Gasteiger charge is 2.24. The van der Waals surface area contributed by atoms with Gasteiger partial charge in [-0.15, -0.1) is 12.4 Å². The van der Waals surface area contributed by atoms with Crippen LogP contribution < -0.4 is 10.6 Å². The van der Waals surface area contributed by atoms with E-state index >= 15 is 0 Å². The molecule has 1 heterocycles. The minimum Gasteiger partial charge on any atom is -0.391 e. The number of carbonyl (C=O) groups is 1. The molecule has 1 amide bonds. The van der Waals surface area contributed by atoms with Gasteiger partial charge in [0, 0.05) is 31.1 Å². The van der Waals surface area contributed by atoms with Gasteiger partial charge in [0.25, 0.3) is 5.91 Å². The number of β-amino-alcohol motifs (C(OH)–C–C–N with tert-alkyl or cyclic N) is 1. The van der Waals surface area contributed by atoms with E-state index in [1.807, 2.05) is 18.2 Å². The normalized spacial score (nSPS) is 22.9. The van der Waals surface area contributed by atoms with E-state index in [0.29, 0.717) is 18.7 Å². The van der Waals surface area contributed by atoms with Gasteiger partial charge in [0.1, 0.15) is 0 Å². The summed E-state index contributed by atoms with van der Waals surface area (Å²) in [6, 6.07) is 9.10. The molecule has 5 heteroatoms. The molecule has 1 saturated heterocycles. The van der Waals surface area contributed by atoms with Gasteiger partial charge in [0.2, 0.25) is 0 Å². The predicted octanol–water partition coefficient (Wildman–Crippen LogP) is 0.418. The van der Waals surface area contributed by atoms with E-state index in [9.17, 15) is 9.90 Å². The van der Waals surface area contributed by atoms with Gasteiger partial charge < -0.3 is 15.7 Å². The van der Waals surface area contributed by atoms with E-state index < -0.39 is 0 Å². The van der Waals surface area contributed by atoms with Crippen LogP contribution in [0.5, 0.6) is 0 Å². The molecule has 2 rings (SSSR count). The Hall–Kier alpha value is -1.10. The van der Waals surface area contributed by atoms with E-state index in [-0.39, 0.29) is 30.3 Å². The smallest absolute Gasteiger partial charge is 0.251 e. The first-order valence-electron chi connectivity index (χ1n) is 5.49. The van der Waals surface area contributed by atoms with Crippen LogP contribution in [0.25, 0.3) is 0 Å². The Morgan fingerprint density at radius 2 is 2.06 bits per heavy atom. The molecule has 1 aromatic rings. The molecule has 3 N–H and O–H groups in total. The minimum absolute atomic E-state index is 0. The van der Waals surface area contributed by atoms with Crippen molar-refractivity contribution in [2.45, 2.75) is 6.10 Å². The number of halogens is 1. The quantitative estimate of drug-likeness (QED) is 0.735. The minimum atomic E-state index is -0.351. The van der Waals surface area contributed by atoms with Crippen LogP contribution in [0, 0.1) is 5.92 Å². The lowest BCUT2D eigenvalue weighted by Crippen LogP contribution is -2.34. The van der Waals surface area contributed by atoms with Gasteiger partial charge in [-0.05, 0) is 12.1 Å². The van der Waals surface area contributed by atoms with E-state index in [4.69, 9.17) is 0 Å². The largest absolute Gasteiger partial charge is 0.391 e. The highest BCUT2D eigenvalue weighted by atomic mass is 35.5. The summed E-state index contributed by atoms with van der Waals surface area (Å²) >= 11 is 0. The summed E-state index contributed by atoms with van der Waals surface area (Å²) < 4.78 is 0. The average molecular weight is 257 g/mol. The van der Waals surface area contributed by atoms with Gasteiger partial charge in [-0.3, -0.25) is 4.79 Å². The summed E-state index contributed by atoms with van der Waals surface area (Å²) in [5, 5.41) is 15.5. The maximum Gasteiger partial charge on any atom is 0.251 e. The topological polar surface area (TPSA) is 61.4 Å². The molecular formula is C12H17ClN2O2. The molecule has 1 aliphatic rings. The number of benzene rings is 1. The maximum absolute atomic E-state index is 11.7. The Morgan fingerprint density at radius 1 is 1.35 bits per heavy atom. The van der Waals surface area contributed by atoms with Gasteiger partial charge in [0.05, 0.1) is 6.10 Å². The summed E-state index contributed by atoms with van der Waals surface area (Å²) in [7, 11) is 0. The third-order valence-electron chi connectivity index (χ3n) is 2.86. The second-order valence-corrected chi connectivity index (χ2v) is 4.06. The maximum atomic E-state index is 11.7. The van der Waals surface area contributed by atoms with Crippen molar-refractivity contribution >= 4 is 18.3 Å². The molecule has 0 bridgehead atoms.